The summed E-state index contributed by atoms with van der Waals surface area (Å²) in [5, 5.41) is 0. The predicted octanol–water partition coefficient (Wildman–Crippen LogP) is 0.105. The summed E-state index contributed by atoms with van der Waals surface area (Å²) in [5.74, 6) is 0.891. The number of furan rings is 1. The molecule has 0 aliphatic carbocycles. The monoisotopic (exact) mass is 324 g/mol. The van der Waals surface area contributed by atoms with E-state index >= 15 is 0 Å². The van der Waals surface area contributed by atoms with Gasteiger partial charge in [-0.05, 0) is 57.0 Å². The number of hydrogen-bond donors (Lipinski definition) is 0. The fraction of sp³-hybridized carbons (Fsp3) is 0.588. The number of halogens is 1. The summed E-state index contributed by atoms with van der Waals surface area (Å²) in [5.41, 5.74) is 0. The Hall–Kier alpha value is -1.26. The Morgan fingerprint density at radius 1 is 1.32 bits per heavy atom. The Labute approximate surface area is 137 Å². The Morgan fingerprint density at radius 2 is 2.18 bits per heavy atom. The highest BCUT2D eigenvalue weighted by molar-refractivity contribution is 5.86. The van der Waals surface area contributed by atoms with E-state index in [1.807, 2.05) is 6.07 Å². The molecule has 0 spiro atoms. The van der Waals surface area contributed by atoms with Crippen molar-refractivity contribution in [2.24, 2.45) is 5.92 Å². The van der Waals surface area contributed by atoms with Gasteiger partial charge >= 0.3 is 5.97 Å². The number of hydrogen-bond acceptors (Lipinski definition) is 4. The van der Waals surface area contributed by atoms with Crippen molar-refractivity contribution < 1.29 is 26.4 Å². The van der Waals surface area contributed by atoms with Crippen LogP contribution in [0.1, 0.15) is 37.9 Å². The molecule has 2 fully saturated rings. The van der Waals surface area contributed by atoms with E-state index in [-0.39, 0.29) is 18.4 Å². The average molecular weight is 325 g/mol. The minimum atomic E-state index is -0.278. The number of nitrogens with zero attached hydrogens (tertiary/aromatic N) is 1. The van der Waals surface area contributed by atoms with Crippen molar-refractivity contribution in [2.75, 3.05) is 19.7 Å². The van der Waals surface area contributed by atoms with Crippen LogP contribution in [-0.4, -0.2) is 36.6 Å². The third kappa shape index (κ3) is 4.37. The molecule has 0 radical (unpaired) electrons. The molecule has 2 unspecified atom stereocenters. The number of piperidine rings is 2. The van der Waals surface area contributed by atoms with Crippen molar-refractivity contribution in [2.45, 2.75) is 38.1 Å². The lowest BCUT2D eigenvalue weighted by molar-refractivity contribution is -0.140. The Morgan fingerprint density at radius 3 is 3.00 bits per heavy atom. The molecule has 5 heteroatoms. The third-order valence-corrected chi connectivity index (χ3v) is 4.60. The predicted molar refractivity (Wildman–Crippen MR) is 80.6 cm³/mol. The highest BCUT2D eigenvalue weighted by Gasteiger charge is 2.33. The molecule has 22 heavy (non-hydrogen) atoms. The molecule has 0 N–H and O–H groups in total. The van der Waals surface area contributed by atoms with Gasteiger partial charge in [0.2, 0.25) is 0 Å². The fourth-order valence-corrected chi connectivity index (χ4v) is 3.55. The van der Waals surface area contributed by atoms with E-state index < -0.39 is 0 Å². The van der Waals surface area contributed by atoms with Gasteiger partial charge in [-0.25, -0.2) is 4.79 Å². The second kappa shape index (κ2) is 8.39. The molecule has 1 aromatic heterocycles. The van der Waals surface area contributed by atoms with Crippen LogP contribution < -0.4 is 12.4 Å². The van der Waals surface area contributed by atoms with Gasteiger partial charge in [0.15, 0.2) is 0 Å². The molecule has 2 aliphatic heterocycles. The van der Waals surface area contributed by atoms with Crippen molar-refractivity contribution in [1.82, 2.24) is 4.90 Å². The minimum absolute atomic E-state index is 0. The SMILES string of the molecule is O=C(/C=C/c1ccco1)OCC1CCCN2CCCCC12.[Cl-]. The molecule has 0 saturated carbocycles. The Balaban J connectivity index is 0.00000176. The number of rotatable bonds is 4. The average Bonchev–Trinajstić information content (AvgIpc) is 3.04. The topological polar surface area (TPSA) is 42.7 Å². The molecule has 3 rings (SSSR count). The van der Waals surface area contributed by atoms with Crippen LogP contribution in [0.2, 0.25) is 0 Å². The first-order valence-electron chi connectivity index (χ1n) is 7.95. The van der Waals surface area contributed by atoms with Gasteiger partial charge < -0.3 is 21.6 Å². The number of ether oxygens (including phenoxy) is 1. The van der Waals surface area contributed by atoms with Crippen molar-refractivity contribution >= 4 is 12.0 Å². The normalized spacial score (nSPS) is 25.5. The molecule has 1 aromatic rings. The number of esters is 1. The first-order valence-corrected chi connectivity index (χ1v) is 7.95. The maximum atomic E-state index is 11.8. The summed E-state index contributed by atoms with van der Waals surface area (Å²) in [6.45, 7) is 2.98. The van der Waals surface area contributed by atoms with E-state index in [1.54, 1.807) is 18.4 Å². The first-order chi connectivity index (χ1) is 10.3. The van der Waals surface area contributed by atoms with E-state index in [0.29, 0.717) is 24.3 Å². The smallest absolute Gasteiger partial charge is 0.330 e. The lowest BCUT2D eigenvalue weighted by atomic mass is 9.84. The molecule has 0 bridgehead atoms. The van der Waals surface area contributed by atoms with Crippen molar-refractivity contribution in [3.8, 4) is 0 Å². The number of fused-ring (bicyclic) bond motifs is 1. The van der Waals surface area contributed by atoms with Crippen LogP contribution >= 0.6 is 0 Å². The zero-order chi connectivity index (χ0) is 14.5. The summed E-state index contributed by atoms with van der Waals surface area (Å²) in [6.07, 6.45) is 11.0. The van der Waals surface area contributed by atoms with Gasteiger partial charge in [0, 0.05) is 18.0 Å². The van der Waals surface area contributed by atoms with Crippen LogP contribution in [0.4, 0.5) is 0 Å². The maximum absolute atomic E-state index is 11.8. The van der Waals surface area contributed by atoms with Crippen LogP contribution in [-0.2, 0) is 9.53 Å². The highest BCUT2D eigenvalue weighted by atomic mass is 35.5. The highest BCUT2D eigenvalue weighted by Crippen LogP contribution is 2.30. The van der Waals surface area contributed by atoms with Crippen LogP contribution in [0.25, 0.3) is 6.08 Å². The second-order valence-corrected chi connectivity index (χ2v) is 5.98. The maximum Gasteiger partial charge on any atom is 0.330 e. The molecule has 2 aliphatic rings. The fourth-order valence-electron chi connectivity index (χ4n) is 3.55. The molecule has 4 nitrogen and oxygen atoms in total. The van der Waals surface area contributed by atoms with Gasteiger partial charge in [-0.15, -0.1) is 0 Å². The van der Waals surface area contributed by atoms with E-state index in [4.69, 9.17) is 9.15 Å². The van der Waals surface area contributed by atoms with E-state index in [1.165, 1.54) is 51.3 Å². The van der Waals surface area contributed by atoms with Crippen molar-refractivity contribution in [1.29, 1.82) is 0 Å². The third-order valence-electron chi connectivity index (χ3n) is 4.60. The largest absolute Gasteiger partial charge is 1.00 e. The van der Waals surface area contributed by atoms with Crippen LogP contribution in [0.5, 0.6) is 0 Å². The molecule has 122 valence electrons. The standard InChI is InChI=1S/C17H23NO3.ClH/c19-17(9-8-15-6-4-12-20-15)21-13-14-5-3-11-18-10-2-1-7-16(14)18;/h4,6,8-9,12,14,16H,1-3,5,7,10-11,13H2;1H/p-1/b9-8+;. The quantitative estimate of drug-likeness (QED) is 0.582. The molecule has 2 saturated heterocycles. The van der Waals surface area contributed by atoms with Gasteiger partial charge in [-0.2, -0.15) is 0 Å². The van der Waals surface area contributed by atoms with Gasteiger partial charge in [-0.3, -0.25) is 4.90 Å². The zero-order valence-electron chi connectivity index (χ0n) is 12.7. The van der Waals surface area contributed by atoms with Crippen LogP contribution in [0.15, 0.2) is 28.9 Å². The summed E-state index contributed by atoms with van der Waals surface area (Å²) < 4.78 is 10.6. The summed E-state index contributed by atoms with van der Waals surface area (Å²) in [7, 11) is 0. The van der Waals surface area contributed by atoms with Crippen molar-refractivity contribution in [3.63, 3.8) is 0 Å². The minimum Gasteiger partial charge on any atom is -1.00 e. The summed E-state index contributed by atoms with van der Waals surface area (Å²) in [6, 6.07) is 4.23. The Kier molecular flexibility index (Phi) is 6.52. The molecular weight excluding hydrogens is 302 g/mol. The second-order valence-electron chi connectivity index (χ2n) is 5.98. The van der Waals surface area contributed by atoms with Gasteiger partial charge in [0.05, 0.1) is 12.9 Å². The zero-order valence-corrected chi connectivity index (χ0v) is 13.5. The van der Waals surface area contributed by atoms with Crippen molar-refractivity contribution in [3.05, 3.63) is 30.2 Å². The summed E-state index contributed by atoms with van der Waals surface area (Å²) >= 11 is 0. The number of carbonyl (C=O) groups excluding carboxylic acids is 1. The van der Waals surface area contributed by atoms with Gasteiger partial charge in [-0.1, -0.05) is 6.42 Å². The molecule has 0 aromatic carbocycles. The molecule has 2 atom stereocenters. The lowest BCUT2D eigenvalue weighted by Crippen LogP contribution is -3.00. The summed E-state index contributed by atoms with van der Waals surface area (Å²) in [4.78, 5) is 14.4. The Bertz CT molecular complexity index is 484. The first kappa shape index (κ1) is 17.1. The van der Waals surface area contributed by atoms with E-state index in [2.05, 4.69) is 4.90 Å². The van der Waals surface area contributed by atoms with Gasteiger partial charge in [0.25, 0.3) is 0 Å². The van der Waals surface area contributed by atoms with E-state index in [0.717, 1.165) is 0 Å². The molecule has 0 amide bonds. The molecule has 3 heterocycles. The lowest BCUT2D eigenvalue weighted by Gasteiger charge is -2.44. The molecular formula is C17H23ClNO3-. The van der Waals surface area contributed by atoms with Gasteiger partial charge in [0.1, 0.15) is 5.76 Å². The van der Waals surface area contributed by atoms with Crippen LogP contribution in [0, 0.1) is 5.92 Å². The van der Waals surface area contributed by atoms with E-state index in [9.17, 15) is 4.79 Å². The number of carbonyl (C=O) groups is 1. The van der Waals surface area contributed by atoms with Crippen LogP contribution in [0.3, 0.4) is 0 Å².